The normalized spacial score (nSPS) is 16.9. The highest BCUT2D eigenvalue weighted by Gasteiger charge is 2.30. The van der Waals surface area contributed by atoms with Gasteiger partial charge in [0.25, 0.3) is 0 Å². The highest BCUT2D eigenvalue weighted by Crippen LogP contribution is 2.37. The molecule has 1 amide bonds. The molecule has 2 aromatic carbocycles. The number of aryl methyl sites for hydroxylation is 2. The second-order valence-corrected chi connectivity index (χ2v) is 9.80. The molecule has 1 fully saturated rings. The van der Waals surface area contributed by atoms with E-state index in [1.54, 1.807) is 24.5 Å². The van der Waals surface area contributed by atoms with Crippen LogP contribution in [0.15, 0.2) is 79.1 Å². The van der Waals surface area contributed by atoms with Gasteiger partial charge in [0.15, 0.2) is 0 Å². The van der Waals surface area contributed by atoms with Crippen molar-refractivity contribution in [2.75, 3.05) is 39.3 Å². The SMILES string of the molecule is O=C(C=Cc1cccnc1)NCCCCN1CCN(C2c3ccccc3CCc3ccccc32)CC1. The van der Waals surface area contributed by atoms with Crippen molar-refractivity contribution >= 4 is 12.0 Å². The molecule has 2 heterocycles. The lowest BCUT2D eigenvalue weighted by Gasteiger charge is -2.40. The van der Waals surface area contributed by atoms with Crippen LogP contribution in [0.2, 0.25) is 0 Å². The number of aromatic nitrogens is 1. The summed E-state index contributed by atoms with van der Waals surface area (Å²) in [6, 6.07) is 22.2. The van der Waals surface area contributed by atoms with Gasteiger partial charge >= 0.3 is 0 Å². The lowest BCUT2D eigenvalue weighted by molar-refractivity contribution is -0.116. The molecule has 5 heteroatoms. The van der Waals surface area contributed by atoms with Crippen LogP contribution >= 0.6 is 0 Å². The van der Waals surface area contributed by atoms with Crippen molar-refractivity contribution in [3.8, 4) is 0 Å². The standard InChI is InChI=1S/C31H36N4O/c36-30(16-13-25-8-7-17-32-24-25)33-18-5-6-19-34-20-22-35(23-21-34)31-28-11-3-1-9-26(28)14-15-27-10-2-4-12-29(27)31/h1-4,7-13,16-17,24,31H,5-6,14-15,18-23H2,(H,33,36). The highest BCUT2D eigenvalue weighted by molar-refractivity contribution is 5.91. The molecule has 0 radical (unpaired) electrons. The summed E-state index contributed by atoms with van der Waals surface area (Å²) in [7, 11) is 0. The molecule has 0 unspecified atom stereocenters. The fourth-order valence-corrected chi connectivity index (χ4v) is 5.51. The van der Waals surface area contributed by atoms with Crippen molar-refractivity contribution in [1.82, 2.24) is 20.1 Å². The monoisotopic (exact) mass is 480 g/mol. The fourth-order valence-electron chi connectivity index (χ4n) is 5.51. The Morgan fingerprint density at radius 3 is 2.25 bits per heavy atom. The van der Waals surface area contributed by atoms with E-state index in [1.807, 2.05) is 12.1 Å². The number of fused-ring (bicyclic) bond motifs is 2. The van der Waals surface area contributed by atoms with Crippen LogP contribution in [0.4, 0.5) is 0 Å². The number of hydrogen-bond donors (Lipinski definition) is 1. The highest BCUT2D eigenvalue weighted by atomic mass is 16.1. The van der Waals surface area contributed by atoms with E-state index >= 15 is 0 Å². The number of rotatable bonds is 8. The number of piperazine rings is 1. The molecule has 5 nitrogen and oxygen atoms in total. The maximum absolute atomic E-state index is 12.0. The average molecular weight is 481 g/mol. The molecule has 1 aromatic heterocycles. The molecule has 186 valence electrons. The van der Waals surface area contributed by atoms with Gasteiger partial charge in [0.05, 0.1) is 6.04 Å². The molecule has 0 atom stereocenters. The topological polar surface area (TPSA) is 48.5 Å². The number of hydrogen-bond acceptors (Lipinski definition) is 4. The summed E-state index contributed by atoms with van der Waals surface area (Å²) in [6.45, 7) is 6.17. The van der Waals surface area contributed by atoms with E-state index in [1.165, 1.54) is 22.3 Å². The van der Waals surface area contributed by atoms with Crippen LogP contribution in [0.1, 0.15) is 46.7 Å². The van der Waals surface area contributed by atoms with E-state index in [-0.39, 0.29) is 5.91 Å². The first-order chi connectivity index (χ1) is 17.8. The van der Waals surface area contributed by atoms with E-state index in [9.17, 15) is 4.79 Å². The van der Waals surface area contributed by atoms with Gasteiger partial charge in [-0.05, 0) is 72.2 Å². The summed E-state index contributed by atoms with van der Waals surface area (Å²) < 4.78 is 0. The van der Waals surface area contributed by atoms with E-state index in [4.69, 9.17) is 0 Å². The predicted molar refractivity (Wildman–Crippen MR) is 146 cm³/mol. The zero-order chi connectivity index (χ0) is 24.6. The van der Waals surface area contributed by atoms with Crippen LogP contribution in [0.25, 0.3) is 6.08 Å². The third-order valence-electron chi connectivity index (χ3n) is 7.45. The van der Waals surface area contributed by atoms with Crippen molar-refractivity contribution in [3.05, 3.63) is 107 Å². The zero-order valence-electron chi connectivity index (χ0n) is 21.0. The molecule has 3 aromatic rings. The van der Waals surface area contributed by atoms with Crippen LogP contribution in [0, 0.1) is 0 Å². The predicted octanol–water partition coefficient (Wildman–Crippen LogP) is 4.50. The number of unbranched alkanes of at least 4 members (excludes halogenated alkanes) is 1. The van der Waals surface area contributed by atoms with Gasteiger partial charge in [0.1, 0.15) is 0 Å². The van der Waals surface area contributed by atoms with Crippen molar-refractivity contribution in [1.29, 1.82) is 0 Å². The fraction of sp³-hybridized carbons (Fsp3) is 0.355. The lowest BCUT2D eigenvalue weighted by atomic mass is 9.92. The van der Waals surface area contributed by atoms with Gasteiger partial charge < -0.3 is 10.2 Å². The molecular formula is C31H36N4O. The molecule has 2 aliphatic rings. The molecular weight excluding hydrogens is 444 g/mol. The van der Waals surface area contributed by atoms with Crippen LogP contribution in [0.5, 0.6) is 0 Å². The van der Waals surface area contributed by atoms with Crippen molar-refractivity contribution in [2.45, 2.75) is 31.7 Å². The van der Waals surface area contributed by atoms with Gasteiger partial charge in [0.2, 0.25) is 5.91 Å². The van der Waals surface area contributed by atoms with Gasteiger partial charge in [-0.2, -0.15) is 0 Å². The lowest BCUT2D eigenvalue weighted by Crippen LogP contribution is -2.48. The summed E-state index contributed by atoms with van der Waals surface area (Å²) in [4.78, 5) is 21.4. The molecule has 0 bridgehead atoms. The second-order valence-electron chi connectivity index (χ2n) is 9.80. The molecule has 1 aliphatic carbocycles. The van der Waals surface area contributed by atoms with Crippen molar-refractivity contribution in [3.63, 3.8) is 0 Å². The first-order valence-electron chi connectivity index (χ1n) is 13.3. The van der Waals surface area contributed by atoms with Gasteiger partial charge in [-0.3, -0.25) is 14.7 Å². The largest absolute Gasteiger partial charge is 0.353 e. The maximum atomic E-state index is 12.0. The third-order valence-corrected chi connectivity index (χ3v) is 7.45. The second kappa shape index (κ2) is 12.1. The minimum Gasteiger partial charge on any atom is -0.353 e. The Hall–Kier alpha value is -3.28. The number of nitrogens with zero attached hydrogens (tertiary/aromatic N) is 3. The van der Waals surface area contributed by atoms with Crippen LogP contribution in [-0.2, 0) is 17.6 Å². The van der Waals surface area contributed by atoms with Gasteiger partial charge in [-0.1, -0.05) is 54.6 Å². The number of nitrogens with one attached hydrogen (secondary N) is 1. The molecule has 0 spiro atoms. The van der Waals surface area contributed by atoms with Gasteiger partial charge in [-0.25, -0.2) is 0 Å². The van der Waals surface area contributed by atoms with Crippen LogP contribution in [-0.4, -0.2) is 60.0 Å². The van der Waals surface area contributed by atoms with Crippen LogP contribution in [0.3, 0.4) is 0 Å². The van der Waals surface area contributed by atoms with Crippen LogP contribution < -0.4 is 5.32 Å². The summed E-state index contributed by atoms with van der Waals surface area (Å²) >= 11 is 0. The molecule has 1 aliphatic heterocycles. The molecule has 0 saturated carbocycles. The molecule has 1 N–H and O–H groups in total. The zero-order valence-corrected chi connectivity index (χ0v) is 21.0. The first-order valence-corrected chi connectivity index (χ1v) is 13.3. The maximum Gasteiger partial charge on any atom is 0.243 e. The van der Waals surface area contributed by atoms with E-state index in [2.05, 4.69) is 68.6 Å². The summed E-state index contributed by atoms with van der Waals surface area (Å²) in [5.41, 5.74) is 6.91. The Morgan fingerprint density at radius 2 is 1.58 bits per heavy atom. The Balaban J connectivity index is 1.08. The number of carbonyl (C=O) groups excluding carboxylic acids is 1. The number of benzene rings is 2. The molecule has 1 saturated heterocycles. The minimum atomic E-state index is -0.0450. The van der Waals surface area contributed by atoms with Crippen molar-refractivity contribution in [2.24, 2.45) is 0 Å². The van der Waals surface area contributed by atoms with Gasteiger partial charge in [0, 0.05) is 51.2 Å². The molecule has 5 rings (SSSR count). The average Bonchev–Trinajstić information content (AvgIpc) is 3.10. The minimum absolute atomic E-state index is 0.0450. The Labute approximate surface area is 214 Å². The summed E-state index contributed by atoms with van der Waals surface area (Å²) in [5.74, 6) is -0.0450. The Morgan fingerprint density at radius 1 is 0.889 bits per heavy atom. The van der Waals surface area contributed by atoms with Gasteiger partial charge in [-0.15, -0.1) is 0 Å². The first kappa shape index (κ1) is 24.4. The molecule has 36 heavy (non-hydrogen) atoms. The van der Waals surface area contributed by atoms with E-state index < -0.39 is 0 Å². The Kier molecular flexibility index (Phi) is 8.21. The number of pyridine rings is 1. The quantitative estimate of drug-likeness (QED) is 0.381. The number of amides is 1. The third kappa shape index (κ3) is 6.10. The number of carbonyl (C=O) groups is 1. The van der Waals surface area contributed by atoms with E-state index in [0.29, 0.717) is 12.6 Å². The smallest absolute Gasteiger partial charge is 0.243 e. The Bertz CT molecular complexity index is 1120. The summed E-state index contributed by atoms with van der Waals surface area (Å²) in [5, 5.41) is 2.99. The summed E-state index contributed by atoms with van der Waals surface area (Å²) in [6.07, 6.45) is 11.2. The van der Waals surface area contributed by atoms with E-state index in [0.717, 1.165) is 64.0 Å². The van der Waals surface area contributed by atoms with Crippen molar-refractivity contribution < 1.29 is 4.79 Å².